The number of halogens is 2. The highest BCUT2D eigenvalue weighted by molar-refractivity contribution is 7.93. The van der Waals surface area contributed by atoms with Crippen LogP contribution >= 0.6 is 22.9 Å². The largest absolute Gasteiger partial charge is 0.588 e. The zero-order valence-electron chi connectivity index (χ0n) is 11.6. The first-order valence-corrected chi connectivity index (χ1v) is 9.03. The maximum atomic E-state index is 14.1. The van der Waals surface area contributed by atoms with E-state index in [0.29, 0.717) is 28.9 Å². The summed E-state index contributed by atoms with van der Waals surface area (Å²) in [5.41, 5.74) is 5.89. The zero-order chi connectivity index (χ0) is 15.9. The number of aromatic nitrogens is 1. The number of hydrogen-bond acceptors (Lipinski definition) is 6. The maximum Gasteiger partial charge on any atom is 0.226 e. The van der Waals surface area contributed by atoms with Crippen molar-refractivity contribution in [2.24, 2.45) is 5.73 Å². The molecule has 9 heteroatoms. The maximum absolute atomic E-state index is 14.1. The topological polar surface area (TPSA) is 86.0 Å². The molecule has 4 N–H and O–H groups in total. The van der Waals surface area contributed by atoms with Crippen LogP contribution in [0.5, 0.6) is 0 Å². The molecule has 0 spiro atoms. The van der Waals surface area contributed by atoms with Crippen LogP contribution in [0.1, 0.15) is 12.8 Å². The quantitative estimate of drug-likeness (QED) is 0.496. The molecule has 0 radical (unpaired) electrons. The fourth-order valence-electron chi connectivity index (χ4n) is 1.71. The molecular weight excluding hydrogens is 347 g/mol. The standard InChI is InChI=1S/C13H16ClFN4OS2/c14-9-7-12(22(20)19-13-18-5-6-21-13)10(15)8-11(9)17-4-2-1-3-16/h5-8,17H,1-4,16H2,(H,18,19). The predicted octanol–water partition coefficient (Wildman–Crippen LogP) is 3.22. The van der Waals surface area contributed by atoms with Crippen molar-refractivity contribution in [2.45, 2.75) is 17.7 Å². The van der Waals surface area contributed by atoms with Gasteiger partial charge < -0.3 is 15.6 Å². The normalized spacial score (nSPS) is 12.2. The fraction of sp³-hybridized carbons (Fsp3) is 0.308. The molecule has 0 aliphatic carbocycles. The number of anilines is 2. The molecule has 0 amide bonds. The Kier molecular flexibility index (Phi) is 6.71. The van der Waals surface area contributed by atoms with E-state index in [4.69, 9.17) is 17.3 Å². The highest BCUT2D eigenvalue weighted by Crippen LogP contribution is 2.29. The first-order chi connectivity index (χ1) is 10.6. The molecule has 0 aliphatic heterocycles. The molecule has 2 rings (SSSR count). The van der Waals surface area contributed by atoms with Crippen LogP contribution in [0, 0.1) is 5.82 Å². The second-order valence-corrected chi connectivity index (χ2v) is 6.88. The Morgan fingerprint density at radius 3 is 2.91 bits per heavy atom. The van der Waals surface area contributed by atoms with Crippen LogP contribution in [0.4, 0.5) is 15.2 Å². The smallest absolute Gasteiger partial charge is 0.226 e. The molecule has 0 saturated heterocycles. The van der Waals surface area contributed by atoms with E-state index in [1.54, 1.807) is 11.6 Å². The summed E-state index contributed by atoms with van der Waals surface area (Å²) in [6, 6.07) is 2.61. The summed E-state index contributed by atoms with van der Waals surface area (Å²) < 4.78 is 28.9. The van der Waals surface area contributed by atoms with E-state index in [-0.39, 0.29) is 4.90 Å². The van der Waals surface area contributed by atoms with Gasteiger partial charge in [0.2, 0.25) is 10.0 Å². The van der Waals surface area contributed by atoms with Crippen LogP contribution in [0.25, 0.3) is 0 Å². The van der Waals surface area contributed by atoms with Gasteiger partial charge in [-0.25, -0.2) is 9.37 Å². The van der Waals surface area contributed by atoms with E-state index in [2.05, 4.69) is 15.0 Å². The van der Waals surface area contributed by atoms with E-state index in [0.717, 1.165) is 12.8 Å². The Labute approximate surface area is 140 Å². The van der Waals surface area contributed by atoms with E-state index in [1.165, 1.54) is 23.5 Å². The molecular formula is C13H16ClFN4OS2. The minimum Gasteiger partial charge on any atom is -0.588 e. The van der Waals surface area contributed by atoms with Gasteiger partial charge in [0, 0.05) is 30.3 Å². The van der Waals surface area contributed by atoms with Gasteiger partial charge in [-0.2, -0.15) is 4.72 Å². The number of benzene rings is 1. The Balaban J connectivity index is 2.05. The monoisotopic (exact) mass is 362 g/mol. The molecule has 0 fully saturated rings. The van der Waals surface area contributed by atoms with Crippen molar-refractivity contribution in [3.05, 3.63) is 34.5 Å². The van der Waals surface area contributed by atoms with Crippen LogP contribution in [-0.4, -0.2) is 22.6 Å². The number of nitrogens with two attached hydrogens (primary N) is 1. The molecule has 1 unspecified atom stereocenters. The minimum atomic E-state index is -1.76. The third-order valence-electron chi connectivity index (χ3n) is 2.78. The number of rotatable bonds is 8. The average Bonchev–Trinajstić information content (AvgIpc) is 2.99. The second kappa shape index (κ2) is 8.54. The average molecular weight is 363 g/mol. The molecule has 1 aromatic heterocycles. The first kappa shape index (κ1) is 17.3. The van der Waals surface area contributed by atoms with Gasteiger partial charge in [-0.3, -0.25) is 0 Å². The van der Waals surface area contributed by atoms with Crippen LogP contribution in [0.3, 0.4) is 0 Å². The lowest BCUT2D eigenvalue weighted by molar-refractivity contribution is 0.570. The Morgan fingerprint density at radius 1 is 1.41 bits per heavy atom. The second-order valence-electron chi connectivity index (χ2n) is 4.39. The SMILES string of the molecule is NCCCCNc1cc(F)c([S+]([O-])Nc2nccs2)cc1Cl. The fourth-order valence-corrected chi connectivity index (χ4v) is 3.58. The van der Waals surface area contributed by atoms with Gasteiger partial charge in [-0.15, -0.1) is 11.3 Å². The van der Waals surface area contributed by atoms with Crippen molar-refractivity contribution >= 4 is 45.1 Å². The molecule has 0 bridgehead atoms. The summed E-state index contributed by atoms with van der Waals surface area (Å²) in [7, 11) is 0. The lowest BCUT2D eigenvalue weighted by Crippen LogP contribution is -2.15. The number of nitrogens with one attached hydrogen (secondary N) is 2. The van der Waals surface area contributed by atoms with Crippen LogP contribution in [0.2, 0.25) is 5.02 Å². The van der Waals surface area contributed by atoms with Crippen LogP contribution in [0.15, 0.2) is 28.6 Å². The third kappa shape index (κ3) is 4.72. The predicted molar refractivity (Wildman–Crippen MR) is 90.3 cm³/mol. The van der Waals surface area contributed by atoms with Gasteiger partial charge in [-0.1, -0.05) is 11.6 Å². The summed E-state index contributed by atoms with van der Waals surface area (Å²) in [6.45, 7) is 1.26. The van der Waals surface area contributed by atoms with Crippen molar-refractivity contribution in [1.82, 2.24) is 4.98 Å². The van der Waals surface area contributed by atoms with Crippen LogP contribution < -0.4 is 15.8 Å². The molecule has 22 heavy (non-hydrogen) atoms. The van der Waals surface area contributed by atoms with Gasteiger partial charge in [0.05, 0.1) is 10.7 Å². The van der Waals surface area contributed by atoms with Gasteiger partial charge in [-0.05, 0) is 19.4 Å². The minimum absolute atomic E-state index is 0.00675. The molecule has 0 saturated carbocycles. The molecule has 1 heterocycles. The summed E-state index contributed by atoms with van der Waals surface area (Å²) in [4.78, 5) is 3.94. The molecule has 120 valence electrons. The molecule has 2 aromatic rings. The molecule has 1 aromatic carbocycles. The lowest BCUT2D eigenvalue weighted by Gasteiger charge is -2.13. The highest BCUT2D eigenvalue weighted by atomic mass is 35.5. The van der Waals surface area contributed by atoms with Crippen molar-refractivity contribution in [1.29, 1.82) is 0 Å². The van der Waals surface area contributed by atoms with Crippen molar-refractivity contribution in [2.75, 3.05) is 23.1 Å². The van der Waals surface area contributed by atoms with Crippen molar-refractivity contribution < 1.29 is 8.94 Å². The summed E-state index contributed by atoms with van der Waals surface area (Å²) in [6.07, 6.45) is 3.32. The van der Waals surface area contributed by atoms with Crippen molar-refractivity contribution in [3.8, 4) is 0 Å². The van der Waals surface area contributed by atoms with Gasteiger partial charge in [0.25, 0.3) is 0 Å². The highest BCUT2D eigenvalue weighted by Gasteiger charge is 2.21. The number of unbranched alkanes of at least 4 members (excludes halogenated alkanes) is 1. The summed E-state index contributed by atoms with van der Waals surface area (Å²) in [5.74, 6) is -0.590. The van der Waals surface area contributed by atoms with Crippen LogP contribution in [-0.2, 0) is 11.4 Å². The van der Waals surface area contributed by atoms with Gasteiger partial charge in [0.1, 0.15) is 11.4 Å². The molecule has 1 atom stereocenters. The number of hydrogen-bond donors (Lipinski definition) is 3. The lowest BCUT2D eigenvalue weighted by atomic mass is 10.2. The van der Waals surface area contributed by atoms with Crippen molar-refractivity contribution in [3.63, 3.8) is 0 Å². The van der Waals surface area contributed by atoms with E-state index in [9.17, 15) is 8.94 Å². The molecule has 0 aliphatic rings. The van der Waals surface area contributed by atoms with E-state index >= 15 is 0 Å². The summed E-state index contributed by atoms with van der Waals surface area (Å²) >= 11 is 5.64. The number of thiazole rings is 1. The molecule has 5 nitrogen and oxygen atoms in total. The number of nitrogens with zero attached hydrogens (tertiary/aromatic N) is 1. The Morgan fingerprint density at radius 2 is 2.23 bits per heavy atom. The zero-order valence-corrected chi connectivity index (χ0v) is 14.0. The Bertz CT molecular complexity index is 600. The van der Waals surface area contributed by atoms with Gasteiger partial charge in [0.15, 0.2) is 5.82 Å². The van der Waals surface area contributed by atoms with E-state index < -0.39 is 17.2 Å². The van der Waals surface area contributed by atoms with E-state index in [1.807, 2.05) is 0 Å². The third-order valence-corrected chi connectivity index (χ3v) is 5.00. The first-order valence-electron chi connectivity index (χ1n) is 6.62. The summed E-state index contributed by atoms with van der Waals surface area (Å²) in [5, 5.41) is 5.55. The van der Waals surface area contributed by atoms with Gasteiger partial charge >= 0.3 is 0 Å². The Hall–Kier alpha value is -1.06.